The Kier molecular flexibility index (Phi) is 3.99. The van der Waals surface area contributed by atoms with E-state index in [-0.39, 0.29) is 12.5 Å². The van der Waals surface area contributed by atoms with Gasteiger partial charge in [-0.05, 0) is 24.6 Å². The molecule has 0 saturated carbocycles. The van der Waals surface area contributed by atoms with E-state index in [0.29, 0.717) is 25.1 Å². The number of ether oxygens (including phenoxy) is 1. The van der Waals surface area contributed by atoms with E-state index >= 15 is 0 Å². The van der Waals surface area contributed by atoms with Crippen molar-refractivity contribution in [2.24, 2.45) is 0 Å². The van der Waals surface area contributed by atoms with Gasteiger partial charge in [0, 0.05) is 25.1 Å². The van der Waals surface area contributed by atoms with Crippen LogP contribution in [0.2, 0.25) is 0 Å². The van der Waals surface area contributed by atoms with Crippen LogP contribution in [0, 0.1) is 5.82 Å². The van der Waals surface area contributed by atoms with E-state index in [0.717, 1.165) is 0 Å². The van der Waals surface area contributed by atoms with Crippen molar-refractivity contribution in [1.29, 1.82) is 0 Å². The zero-order valence-corrected chi connectivity index (χ0v) is 10.2. The molecule has 1 unspecified atom stereocenters. The van der Waals surface area contributed by atoms with Gasteiger partial charge in [-0.1, -0.05) is 6.07 Å². The van der Waals surface area contributed by atoms with E-state index in [1.54, 1.807) is 6.07 Å². The molecular formula is C13H14FNO4. The van der Waals surface area contributed by atoms with Gasteiger partial charge in [-0.15, -0.1) is 0 Å². The monoisotopic (exact) mass is 267 g/mol. The lowest BCUT2D eigenvalue weighted by molar-refractivity contribution is -0.137. The minimum absolute atomic E-state index is 0.0298. The third kappa shape index (κ3) is 3.43. The quantitative estimate of drug-likeness (QED) is 0.909. The van der Waals surface area contributed by atoms with E-state index in [1.807, 2.05) is 0 Å². The van der Waals surface area contributed by atoms with Gasteiger partial charge in [0.05, 0.1) is 0 Å². The minimum Gasteiger partial charge on any atom is -0.481 e. The molecule has 1 heterocycles. The number of carbonyl (C=O) groups is 2. The summed E-state index contributed by atoms with van der Waals surface area (Å²) in [5.41, 5.74) is 0.446. The van der Waals surface area contributed by atoms with Crippen LogP contribution in [0.25, 0.3) is 0 Å². The second-order valence-electron chi connectivity index (χ2n) is 4.36. The maximum Gasteiger partial charge on any atom is 0.414 e. The number of cyclic esters (lactones) is 1. The zero-order chi connectivity index (χ0) is 13.8. The number of nitrogens with zero attached hydrogens (tertiary/aromatic N) is 1. The second kappa shape index (κ2) is 5.69. The molecule has 2 rings (SSSR count). The van der Waals surface area contributed by atoms with Gasteiger partial charge in [-0.2, -0.15) is 0 Å². The molecule has 1 aliphatic heterocycles. The Labute approximate surface area is 109 Å². The van der Waals surface area contributed by atoms with Crippen LogP contribution in [0.15, 0.2) is 24.3 Å². The number of carboxylic acid groups (broad SMARTS) is 1. The van der Waals surface area contributed by atoms with Crippen molar-refractivity contribution >= 4 is 17.7 Å². The van der Waals surface area contributed by atoms with Gasteiger partial charge in [0.25, 0.3) is 0 Å². The highest BCUT2D eigenvalue weighted by atomic mass is 19.1. The Morgan fingerprint density at radius 1 is 1.53 bits per heavy atom. The maximum atomic E-state index is 13.1. The van der Waals surface area contributed by atoms with Crippen molar-refractivity contribution in [3.8, 4) is 0 Å². The molecule has 5 nitrogen and oxygen atoms in total. The van der Waals surface area contributed by atoms with Gasteiger partial charge in [0.2, 0.25) is 0 Å². The number of hydrogen-bond donors (Lipinski definition) is 1. The van der Waals surface area contributed by atoms with Gasteiger partial charge in [-0.3, -0.25) is 9.69 Å². The molecule has 0 bridgehead atoms. The average molecular weight is 267 g/mol. The minimum atomic E-state index is -0.913. The Hall–Kier alpha value is -2.11. The summed E-state index contributed by atoms with van der Waals surface area (Å²) in [4.78, 5) is 23.6. The summed E-state index contributed by atoms with van der Waals surface area (Å²) in [6.07, 6.45) is -0.133. The summed E-state index contributed by atoms with van der Waals surface area (Å²) in [7, 11) is 0. The number of hydrogen-bond acceptors (Lipinski definition) is 3. The number of benzene rings is 1. The van der Waals surface area contributed by atoms with Crippen LogP contribution in [-0.4, -0.2) is 29.8 Å². The van der Waals surface area contributed by atoms with Crippen LogP contribution in [0.4, 0.5) is 14.9 Å². The average Bonchev–Trinajstić information content (AvgIpc) is 2.36. The molecule has 1 atom stereocenters. The lowest BCUT2D eigenvalue weighted by Crippen LogP contribution is -2.42. The number of carboxylic acids is 1. The van der Waals surface area contributed by atoms with E-state index in [2.05, 4.69) is 0 Å². The summed E-state index contributed by atoms with van der Waals surface area (Å²) in [6.45, 7) is 0.395. The van der Waals surface area contributed by atoms with Gasteiger partial charge >= 0.3 is 12.1 Å². The highest BCUT2D eigenvalue weighted by molar-refractivity contribution is 5.88. The van der Waals surface area contributed by atoms with E-state index < -0.39 is 17.9 Å². The van der Waals surface area contributed by atoms with Crippen molar-refractivity contribution < 1.29 is 23.8 Å². The molecule has 0 radical (unpaired) electrons. The molecular weight excluding hydrogens is 253 g/mol. The number of carbonyl (C=O) groups excluding carboxylic acids is 1. The van der Waals surface area contributed by atoms with Crippen molar-refractivity contribution in [1.82, 2.24) is 0 Å². The van der Waals surface area contributed by atoms with E-state index in [1.165, 1.54) is 23.1 Å². The molecule has 6 heteroatoms. The Balaban J connectivity index is 1.97. The number of aliphatic carboxylic acids is 1. The third-order valence-corrected chi connectivity index (χ3v) is 2.96. The third-order valence-electron chi connectivity index (χ3n) is 2.96. The van der Waals surface area contributed by atoms with Gasteiger partial charge in [0.15, 0.2) is 0 Å². The summed E-state index contributed by atoms with van der Waals surface area (Å²) in [5, 5.41) is 8.58. The summed E-state index contributed by atoms with van der Waals surface area (Å²) >= 11 is 0. The van der Waals surface area contributed by atoms with Crippen LogP contribution in [-0.2, 0) is 9.53 Å². The lowest BCUT2D eigenvalue weighted by Gasteiger charge is -2.31. The van der Waals surface area contributed by atoms with Crippen LogP contribution in [0.3, 0.4) is 0 Å². The number of anilines is 1. The zero-order valence-electron chi connectivity index (χ0n) is 10.2. The molecule has 1 amide bonds. The van der Waals surface area contributed by atoms with Crippen LogP contribution in [0.5, 0.6) is 0 Å². The molecule has 1 fully saturated rings. The number of rotatable bonds is 4. The smallest absolute Gasteiger partial charge is 0.414 e. The first-order valence-corrected chi connectivity index (χ1v) is 6.02. The normalized spacial score (nSPS) is 19.1. The van der Waals surface area contributed by atoms with E-state index in [9.17, 15) is 14.0 Å². The van der Waals surface area contributed by atoms with Crippen molar-refractivity contribution in [2.45, 2.75) is 25.4 Å². The first-order chi connectivity index (χ1) is 9.06. The summed E-state index contributed by atoms with van der Waals surface area (Å²) < 4.78 is 18.2. The molecule has 1 aromatic carbocycles. The molecule has 102 valence electrons. The Morgan fingerprint density at radius 2 is 2.32 bits per heavy atom. The van der Waals surface area contributed by atoms with Crippen LogP contribution >= 0.6 is 0 Å². The molecule has 1 aromatic rings. The molecule has 19 heavy (non-hydrogen) atoms. The highest BCUT2D eigenvalue weighted by Gasteiger charge is 2.28. The Bertz CT molecular complexity index is 491. The van der Waals surface area contributed by atoms with Crippen molar-refractivity contribution in [3.05, 3.63) is 30.1 Å². The predicted octanol–water partition coefficient (Wildman–Crippen LogP) is 2.41. The van der Waals surface area contributed by atoms with Gasteiger partial charge in [-0.25, -0.2) is 9.18 Å². The fourth-order valence-electron chi connectivity index (χ4n) is 2.00. The molecule has 0 spiro atoms. The van der Waals surface area contributed by atoms with Crippen molar-refractivity contribution in [2.75, 3.05) is 11.4 Å². The molecule has 0 aromatic heterocycles. The fraction of sp³-hybridized carbons (Fsp3) is 0.385. The van der Waals surface area contributed by atoms with E-state index in [4.69, 9.17) is 9.84 Å². The number of amides is 1. The topological polar surface area (TPSA) is 66.8 Å². The predicted molar refractivity (Wildman–Crippen MR) is 65.5 cm³/mol. The molecule has 1 N–H and O–H groups in total. The van der Waals surface area contributed by atoms with Crippen LogP contribution < -0.4 is 4.90 Å². The fourth-order valence-corrected chi connectivity index (χ4v) is 2.00. The largest absolute Gasteiger partial charge is 0.481 e. The Morgan fingerprint density at radius 3 is 2.95 bits per heavy atom. The summed E-state index contributed by atoms with van der Waals surface area (Å²) in [5.74, 6) is -1.33. The van der Waals surface area contributed by atoms with Gasteiger partial charge in [0.1, 0.15) is 11.9 Å². The standard InChI is InChI=1S/C13H14FNO4/c14-9-2-1-3-10(8-9)15-7-6-11(19-13(15)18)4-5-12(16)17/h1-3,8,11H,4-7H2,(H,16,17). The lowest BCUT2D eigenvalue weighted by atomic mass is 10.1. The molecule has 1 saturated heterocycles. The second-order valence-corrected chi connectivity index (χ2v) is 4.36. The number of halogens is 1. The first-order valence-electron chi connectivity index (χ1n) is 6.02. The molecule has 1 aliphatic rings. The molecule has 0 aliphatic carbocycles. The summed E-state index contributed by atoms with van der Waals surface area (Å²) in [6, 6.07) is 5.71. The first kappa shape index (κ1) is 13.3. The van der Waals surface area contributed by atoms with Crippen LogP contribution in [0.1, 0.15) is 19.3 Å². The highest BCUT2D eigenvalue weighted by Crippen LogP contribution is 2.23. The SMILES string of the molecule is O=C(O)CCC1CCN(c2cccc(F)c2)C(=O)O1. The van der Waals surface area contributed by atoms with Crippen molar-refractivity contribution in [3.63, 3.8) is 0 Å². The van der Waals surface area contributed by atoms with Gasteiger partial charge < -0.3 is 9.84 Å². The maximum absolute atomic E-state index is 13.1.